The van der Waals surface area contributed by atoms with Gasteiger partial charge in [0.25, 0.3) is 5.91 Å². The van der Waals surface area contributed by atoms with Crippen LogP contribution >= 0.6 is 0 Å². The summed E-state index contributed by atoms with van der Waals surface area (Å²) in [7, 11) is 0. The molecule has 0 radical (unpaired) electrons. The minimum absolute atomic E-state index is 0.104. The van der Waals surface area contributed by atoms with Crippen LogP contribution < -0.4 is 5.32 Å². The fourth-order valence-corrected chi connectivity index (χ4v) is 2.82. The first kappa shape index (κ1) is 17.9. The SMILES string of the molecule is CCC(CC)(CC(=O)O)NC(=O)c1[nH]c(C)c(C(C)=O)c1C. The normalized spacial score (nSPS) is 11.3. The van der Waals surface area contributed by atoms with Gasteiger partial charge in [-0.15, -0.1) is 0 Å². The highest BCUT2D eigenvalue weighted by molar-refractivity contribution is 6.02. The molecule has 0 saturated carbocycles. The molecular weight excluding hydrogens is 284 g/mol. The van der Waals surface area contributed by atoms with Gasteiger partial charge in [-0.1, -0.05) is 13.8 Å². The number of carbonyl (C=O) groups excluding carboxylic acids is 2. The van der Waals surface area contributed by atoms with Crippen LogP contribution in [0.25, 0.3) is 0 Å². The maximum Gasteiger partial charge on any atom is 0.305 e. The number of aryl methyl sites for hydroxylation is 1. The Morgan fingerprint density at radius 2 is 1.73 bits per heavy atom. The van der Waals surface area contributed by atoms with Crippen molar-refractivity contribution in [2.24, 2.45) is 0 Å². The summed E-state index contributed by atoms with van der Waals surface area (Å²) < 4.78 is 0. The van der Waals surface area contributed by atoms with Gasteiger partial charge in [-0.2, -0.15) is 0 Å². The molecule has 0 aliphatic heterocycles. The minimum Gasteiger partial charge on any atom is -0.481 e. The number of amides is 1. The molecule has 1 rings (SSSR count). The van der Waals surface area contributed by atoms with Gasteiger partial charge in [-0.05, 0) is 39.2 Å². The van der Waals surface area contributed by atoms with E-state index in [0.717, 1.165) is 0 Å². The Kier molecular flexibility index (Phi) is 5.52. The Bertz CT molecular complexity index is 598. The number of H-pyrrole nitrogens is 1. The minimum atomic E-state index is -0.951. The molecule has 0 spiro atoms. The number of nitrogens with one attached hydrogen (secondary N) is 2. The summed E-state index contributed by atoms with van der Waals surface area (Å²) >= 11 is 0. The maximum absolute atomic E-state index is 12.5. The van der Waals surface area contributed by atoms with Crippen molar-refractivity contribution in [1.82, 2.24) is 10.3 Å². The van der Waals surface area contributed by atoms with E-state index in [0.29, 0.717) is 35.4 Å². The molecule has 0 aromatic carbocycles. The first-order valence-electron chi connectivity index (χ1n) is 7.41. The number of hydrogen-bond acceptors (Lipinski definition) is 3. The molecule has 6 heteroatoms. The quantitative estimate of drug-likeness (QED) is 0.674. The number of aliphatic carboxylic acids is 1. The second-order valence-corrected chi connectivity index (χ2v) is 5.69. The van der Waals surface area contributed by atoms with Crippen LogP contribution in [-0.4, -0.2) is 33.3 Å². The molecule has 0 fully saturated rings. The average Bonchev–Trinajstić information content (AvgIpc) is 2.72. The third kappa shape index (κ3) is 3.55. The highest BCUT2D eigenvalue weighted by Crippen LogP contribution is 2.23. The van der Waals surface area contributed by atoms with Crippen molar-refractivity contribution >= 4 is 17.7 Å². The van der Waals surface area contributed by atoms with Crippen molar-refractivity contribution in [2.45, 2.75) is 59.4 Å². The number of Topliss-reactive ketones (excluding diaryl/α,β-unsaturated/α-hetero) is 1. The Morgan fingerprint density at radius 1 is 1.18 bits per heavy atom. The number of carbonyl (C=O) groups is 3. The van der Waals surface area contributed by atoms with Crippen molar-refractivity contribution in [3.05, 3.63) is 22.5 Å². The van der Waals surface area contributed by atoms with E-state index < -0.39 is 11.5 Å². The molecule has 0 aliphatic carbocycles. The largest absolute Gasteiger partial charge is 0.481 e. The maximum atomic E-state index is 12.5. The van der Waals surface area contributed by atoms with E-state index in [2.05, 4.69) is 10.3 Å². The predicted molar refractivity (Wildman–Crippen MR) is 83.3 cm³/mol. The third-order valence-electron chi connectivity index (χ3n) is 4.24. The first-order chi connectivity index (χ1) is 10.2. The lowest BCUT2D eigenvalue weighted by atomic mass is 9.88. The standard InChI is InChI=1S/C16H24N2O4/c1-6-16(7-2,8-12(20)21)18-15(22)14-9(3)13(11(5)19)10(4)17-14/h17H,6-8H2,1-5H3,(H,18,22)(H,20,21). The summed E-state index contributed by atoms with van der Waals surface area (Å²) in [5.74, 6) is -1.43. The van der Waals surface area contributed by atoms with Gasteiger partial charge >= 0.3 is 5.97 Å². The summed E-state index contributed by atoms with van der Waals surface area (Å²) in [6.45, 7) is 8.61. The van der Waals surface area contributed by atoms with Crippen LogP contribution in [0, 0.1) is 13.8 Å². The van der Waals surface area contributed by atoms with Gasteiger partial charge < -0.3 is 15.4 Å². The van der Waals surface area contributed by atoms with E-state index >= 15 is 0 Å². The molecule has 0 atom stereocenters. The summed E-state index contributed by atoms with van der Waals surface area (Å²) in [5.41, 5.74) is 1.29. The van der Waals surface area contributed by atoms with E-state index in [4.69, 9.17) is 5.11 Å². The zero-order chi connectivity index (χ0) is 17.1. The molecule has 6 nitrogen and oxygen atoms in total. The smallest absolute Gasteiger partial charge is 0.305 e. The predicted octanol–water partition coefficient (Wildman–Crippen LogP) is 2.60. The molecule has 0 aliphatic rings. The Hall–Kier alpha value is -2.11. The van der Waals surface area contributed by atoms with Crippen molar-refractivity contribution in [3.8, 4) is 0 Å². The van der Waals surface area contributed by atoms with Gasteiger partial charge in [-0.3, -0.25) is 14.4 Å². The summed E-state index contributed by atoms with van der Waals surface area (Å²) in [6, 6.07) is 0. The van der Waals surface area contributed by atoms with Gasteiger partial charge in [0.05, 0.1) is 12.0 Å². The van der Waals surface area contributed by atoms with Gasteiger partial charge in [0.2, 0.25) is 0 Å². The molecule has 0 saturated heterocycles. The highest BCUT2D eigenvalue weighted by Gasteiger charge is 2.32. The van der Waals surface area contributed by atoms with Crippen LogP contribution in [0.3, 0.4) is 0 Å². The summed E-state index contributed by atoms with van der Waals surface area (Å²) in [5, 5.41) is 11.9. The lowest BCUT2D eigenvalue weighted by Gasteiger charge is -2.31. The Labute approximate surface area is 130 Å². The van der Waals surface area contributed by atoms with Gasteiger partial charge in [0.1, 0.15) is 5.69 Å². The van der Waals surface area contributed by atoms with E-state index in [9.17, 15) is 14.4 Å². The molecule has 0 unspecified atom stereocenters. The molecule has 0 bridgehead atoms. The van der Waals surface area contributed by atoms with Crippen LogP contribution in [0.5, 0.6) is 0 Å². The highest BCUT2D eigenvalue weighted by atomic mass is 16.4. The van der Waals surface area contributed by atoms with Crippen molar-refractivity contribution in [1.29, 1.82) is 0 Å². The number of carboxylic acid groups (broad SMARTS) is 1. The number of ketones is 1. The van der Waals surface area contributed by atoms with Crippen LogP contribution in [0.4, 0.5) is 0 Å². The van der Waals surface area contributed by atoms with Crippen LogP contribution in [0.2, 0.25) is 0 Å². The number of aromatic amines is 1. The van der Waals surface area contributed by atoms with Crippen molar-refractivity contribution < 1.29 is 19.5 Å². The van der Waals surface area contributed by atoms with Crippen molar-refractivity contribution in [2.75, 3.05) is 0 Å². The van der Waals surface area contributed by atoms with Crippen molar-refractivity contribution in [3.63, 3.8) is 0 Å². The van der Waals surface area contributed by atoms with Crippen LogP contribution in [0.1, 0.15) is 72.1 Å². The van der Waals surface area contributed by atoms with E-state index in [-0.39, 0.29) is 18.1 Å². The van der Waals surface area contributed by atoms with Gasteiger partial charge in [0, 0.05) is 11.3 Å². The molecule has 3 N–H and O–H groups in total. The topological polar surface area (TPSA) is 99.3 Å². The number of hydrogen-bond donors (Lipinski definition) is 3. The molecule has 1 aromatic rings. The fraction of sp³-hybridized carbons (Fsp3) is 0.562. The monoisotopic (exact) mass is 308 g/mol. The molecule has 122 valence electrons. The first-order valence-corrected chi connectivity index (χ1v) is 7.41. The van der Waals surface area contributed by atoms with Gasteiger partial charge in [-0.25, -0.2) is 0 Å². The van der Waals surface area contributed by atoms with Gasteiger partial charge in [0.15, 0.2) is 5.78 Å². The number of carboxylic acids is 1. The lowest BCUT2D eigenvalue weighted by molar-refractivity contribution is -0.138. The second-order valence-electron chi connectivity index (χ2n) is 5.69. The molecule has 1 amide bonds. The van der Waals surface area contributed by atoms with E-state index in [1.54, 1.807) is 13.8 Å². The zero-order valence-electron chi connectivity index (χ0n) is 13.8. The number of rotatable bonds is 7. The Balaban J connectivity index is 3.13. The van der Waals surface area contributed by atoms with E-state index in [1.165, 1.54) is 6.92 Å². The van der Waals surface area contributed by atoms with Crippen LogP contribution in [-0.2, 0) is 4.79 Å². The summed E-state index contributed by atoms with van der Waals surface area (Å²) in [4.78, 5) is 38.2. The lowest BCUT2D eigenvalue weighted by Crippen LogP contribution is -2.49. The third-order valence-corrected chi connectivity index (χ3v) is 4.24. The molecule has 1 aromatic heterocycles. The summed E-state index contributed by atoms with van der Waals surface area (Å²) in [6.07, 6.45) is 0.893. The second kappa shape index (κ2) is 6.77. The average molecular weight is 308 g/mol. The van der Waals surface area contributed by atoms with Crippen LogP contribution in [0.15, 0.2) is 0 Å². The molecule has 1 heterocycles. The number of aromatic nitrogens is 1. The van der Waals surface area contributed by atoms with E-state index in [1.807, 2.05) is 13.8 Å². The fourth-order valence-electron chi connectivity index (χ4n) is 2.82. The molecular formula is C16H24N2O4. The zero-order valence-corrected chi connectivity index (χ0v) is 13.8. The molecule has 22 heavy (non-hydrogen) atoms. The Morgan fingerprint density at radius 3 is 2.09 bits per heavy atom.